The van der Waals surface area contributed by atoms with Gasteiger partial charge in [0.05, 0.1) is 5.02 Å². The molecule has 2 aromatic rings. The van der Waals surface area contributed by atoms with Crippen molar-refractivity contribution in [3.8, 4) is 0 Å². The van der Waals surface area contributed by atoms with Crippen LogP contribution in [0.15, 0.2) is 18.2 Å². The highest BCUT2D eigenvalue weighted by Crippen LogP contribution is 2.36. The van der Waals surface area contributed by atoms with Crippen LogP contribution in [0.25, 0.3) is 10.1 Å². The number of fused-ring (bicyclic) bond motifs is 1. The third-order valence-corrected chi connectivity index (χ3v) is 3.18. The van der Waals surface area contributed by atoms with Crippen molar-refractivity contribution in [2.45, 2.75) is 6.43 Å². The van der Waals surface area contributed by atoms with E-state index in [1.165, 1.54) is 18.2 Å². The maximum absolute atomic E-state index is 12.8. The minimum atomic E-state index is -2.63. The molecule has 74 valence electrons. The smallest absolute Gasteiger partial charge is 0.205 e. The van der Waals surface area contributed by atoms with Crippen molar-refractivity contribution in [3.63, 3.8) is 0 Å². The van der Waals surface area contributed by atoms with Gasteiger partial charge in [-0.2, -0.15) is 4.39 Å². The third-order valence-electron chi connectivity index (χ3n) is 1.87. The van der Waals surface area contributed by atoms with Gasteiger partial charge in [-0.3, -0.25) is 0 Å². The molecule has 0 aliphatic carbocycles. The fourth-order valence-electron chi connectivity index (χ4n) is 1.23. The lowest BCUT2D eigenvalue weighted by molar-refractivity contribution is 0.151. The monoisotopic (exact) mass is 236 g/mol. The standard InChI is InChI=1S/C9H4ClF3S/c10-8-4(9(12)13)1-2-6-5(8)3-7(11)14-6/h1-3,9H. The van der Waals surface area contributed by atoms with Gasteiger partial charge in [-0.1, -0.05) is 17.7 Å². The van der Waals surface area contributed by atoms with Gasteiger partial charge in [0.25, 0.3) is 6.43 Å². The molecule has 0 spiro atoms. The Labute approximate surface area is 86.9 Å². The Morgan fingerprint density at radius 3 is 2.64 bits per heavy atom. The predicted molar refractivity (Wildman–Crippen MR) is 51.8 cm³/mol. The van der Waals surface area contributed by atoms with E-state index >= 15 is 0 Å². The minimum Gasteiger partial charge on any atom is -0.205 e. The molecule has 14 heavy (non-hydrogen) atoms. The molecule has 1 aromatic carbocycles. The first-order chi connectivity index (χ1) is 6.59. The maximum Gasteiger partial charge on any atom is 0.265 e. The summed E-state index contributed by atoms with van der Waals surface area (Å²) < 4.78 is 38.2. The summed E-state index contributed by atoms with van der Waals surface area (Å²) in [6.45, 7) is 0. The fraction of sp³-hybridized carbons (Fsp3) is 0.111. The van der Waals surface area contributed by atoms with Crippen molar-refractivity contribution < 1.29 is 13.2 Å². The average Bonchev–Trinajstić information content (AvgIpc) is 2.46. The first-order valence-electron chi connectivity index (χ1n) is 3.75. The van der Waals surface area contributed by atoms with Crippen molar-refractivity contribution >= 4 is 33.0 Å². The van der Waals surface area contributed by atoms with Gasteiger partial charge in [0.1, 0.15) is 0 Å². The molecule has 0 atom stereocenters. The summed E-state index contributed by atoms with van der Waals surface area (Å²) in [5, 5.41) is -0.127. The molecular weight excluding hydrogens is 233 g/mol. The Hall–Kier alpha value is -0.740. The first-order valence-corrected chi connectivity index (χ1v) is 4.94. The van der Waals surface area contributed by atoms with Crippen molar-refractivity contribution in [1.82, 2.24) is 0 Å². The molecule has 0 bridgehead atoms. The summed E-state index contributed by atoms with van der Waals surface area (Å²) in [5.74, 6) is 0. The lowest BCUT2D eigenvalue weighted by atomic mass is 10.2. The number of benzene rings is 1. The minimum absolute atomic E-state index is 0.0577. The molecule has 0 unspecified atom stereocenters. The van der Waals surface area contributed by atoms with Gasteiger partial charge in [0.2, 0.25) is 0 Å². The van der Waals surface area contributed by atoms with Crippen LogP contribution in [0.1, 0.15) is 12.0 Å². The van der Waals surface area contributed by atoms with E-state index in [2.05, 4.69) is 0 Å². The predicted octanol–water partition coefficient (Wildman–Crippen LogP) is 4.63. The van der Waals surface area contributed by atoms with E-state index in [0.29, 0.717) is 10.1 Å². The molecule has 1 aromatic heterocycles. The summed E-state index contributed by atoms with van der Waals surface area (Å²) in [6, 6.07) is 3.86. The van der Waals surface area contributed by atoms with Crippen LogP contribution >= 0.6 is 22.9 Å². The first kappa shape index (κ1) is 9.80. The van der Waals surface area contributed by atoms with Crippen molar-refractivity contribution in [2.24, 2.45) is 0 Å². The van der Waals surface area contributed by atoms with Gasteiger partial charge in [0, 0.05) is 15.6 Å². The molecule has 0 aliphatic heterocycles. The molecule has 2 rings (SSSR count). The summed E-state index contributed by atoms with van der Waals surface area (Å²) >= 11 is 6.60. The van der Waals surface area contributed by atoms with Gasteiger partial charge < -0.3 is 0 Å². The quantitative estimate of drug-likeness (QED) is 0.677. The van der Waals surface area contributed by atoms with E-state index in [1.54, 1.807) is 0 Å². The highest BCUT2D eigenvalue weighted by Gasteiger charge is 2.15. The second kappa shape index (κ2) is 3.44. The molecule has 0 nitrogen and oxygen atoms in total. The lowest BCUT2D eigenvalue weighted by Crippen LogP contribution is -1.84. The molecule has 0 saturated carbocycles. The van der Waals surface area contributed by atoms with Gasteiger partial charge in [-0.25, -0.2) is 8.78 Å². The highest BCUT2D eigenvalue weighted by atomic mass is 35.5. The van der Waals surface area contributed by atoms with Crippen LogP contribution in [0.2, 0.25) is 5.02 Å². The lowest BCUT2D eigenvalue weighted by Gasteiger charge is -2.02. The number of thiophene rings is 1. The van der Waals surface area contributed by atoms with Gasteiger partial charge in [0.15, 0.2) is 5.13 Å². The van der Waals surface area contributed by atoms with Crippen LogP contribution in [0.3, 0.4) is 0 Å². The summed E-state index contributed by atoms with van der Waals surface area (Å²) in [7, 11) is 0. The topological polar surface area (TPSA) is 0 Å². The molecule has 0 saturated heterocycles. The van der Waals surface area contributed by atoms with Crippen molar-refractivity contribution in [3.05, 3.63) is 33.9 Å². The zero-order valence-corrected chi connectivity index (χ0v) is 8.30. The van der Waals surface area contributed by atoms with Crippen molar-refractivity contribution in [1.29, 1.82) is 0 Å². The average molecular weight is 237 g/mol. The Kier molecular flexibility index (Phi) is 2.41. The molecule has 0 aliphatic rings. The van der Waals surface area contributed by atoms with E-state index in [4.69, 9.17) is 11.6 Å². The molecule has 0 N–H and O–H groups in total. The van der Waals surface area contributed by atoms with E-state index in [-0.39, 0.29) is 10.6 Å². The normalized spacial score (nSPS) is 11.5. The van der Waals surface area contributed by atoms with E-state index in [9.17, 15) is 13.2 Å². The zero-order chi connectivity index (χ0) is 10.3. The van der Waals surface area contributed by atoms with Crippen LogP contribution in [-0.4, -0.2) is 0 Å². The molecular formula is C9H4ClF3S. The van der Waals surface area contributed by atoms with Crippen LogP contribution in [0.5, 0.6) is 0 Å². The van der Waals surface area contributed by atoms with Crippen LogP contribution < -0.4 is 0 Å². The number of alkyl halides is 2. The van der Waals surface area contributed by atoms with Gasteiger partial charge in [-0.15, -0.1) is 11.3 Å². The Balaban J connectivity index is 2.74. The SMILES string of the molecule is Fc1cc2c(Cl)c(C(F)F)ccc2s1. The zero-order valence-electron chi connectivity index (χ0n) is 6.73. The van der Waals surface area contributed by atoms with E-state index in [0.717, 1.165) is 11.3 Å². The largest absolute Gasteiger partial charge is 0.265 e. The Morgan fingerprint density at radius 2 is 2.00 bits per heavy atom. The van der Waals surface area contributed by atoms with Crippen LogP contribution in [0, 0.1) is 5.13 Å². The van der Waals surface area contributed by atoms with E-state index < -0.39 is 11.6 Å². The number of hydrogen-bond donors (Lipinski definition) is 0. The number of rotatable bonds is 1. The highest BCUT2D eigenvalue weighted by molar-refractivity contribution is 7.17. The molecule has 0 amide bonds. The molecule has 1 heterocycles. The second-order valence-electron chi connectivity index (χ2n) is 2.73. The Morgan fingerprint density at radius 1 is 1.29 bits per heavy atom. The second-order valence-corrected chi connectivity index (χ2v) is 4.14. The van der Waals surface area contributed by atoms with Gasteiger partial charge >= 0.3 is 0 Å². The number of hydrogen-bond acceptors (Lipinski definition) is 1. The summed E-state index contributed by atoms with van der Waals surface area (Å²) in [5.41, 5.74) is -0.253. The molecule has 0 radical (unpaired) electrons. The fourth-order valence-corrected chi connectivity index (χ4v) is 2.38. The Bertz CT molecular complexity index is 478. The van der Waals surface area contributed by atoms with Gasteiger partial charge in [-0.05, 0) is 12.1 Å². The summed E-state index contributed by atoms with van der Waals surface area (Å²) in [6.07, 6.45) is -2.63. The van der Waals surface area contributed by atoms with Crippen molar-refractivity contribution in [2.75, 3.05) is 0 Å². The maximum atomic E-state index is 12.8. The van der Waals surface area contributed by atoms with Crippen LogP contribution in [-0.2, 0) is 0 Å². The third kappa shape index (κ3) is 1.48. The van der Waals surface area contributed by atoms with E-state index in [1.807, 2.05) is 0 Å². The van der Waals surface area contributed by atoms with Crippen LogP contribution in [0.4, 0.5) is 13.2 Å². The molecule has 0 fully saturated rings. The summed E-state index contributed by atoms with van der Waals surface area (Å²) in [4.78, 5) is 0. The molecule has 5 heteroatoms. The number of halogens is 4.